The van der Waals surface area contributed by atoms with Gasteiger partial charge < -0.3 is 10.2 Å². The number of nitrogens with one attached hydrogen (secondary N) is 1. The Morgan fingerprint density at radius 2 is 2.00 bits per heavy atom. The third kappa shape index (κ3) is 3.59. The Bertz CT molecular complexity index is 609. The highest BCUT2D eigenvalue weighted by Gasteiger charge is 2.18. The molecule has 0 spiro atoms. The average molecular weight is 323 g/mol. The van der Waals surface area contributed by atoms with Crippen molar-refractivity contribution in [3.05, 3.63) is 5.01 Å². The Labute approximate surface area is 131 Å². The van der Waals surface area contributed by atoms with E-state index in [0.29, 0.717) is 11.1 Å². The van der Waals surface area contributed by atoms with E-state index >= 15 is 0 Å². The van der Waals surface area contributed by atoms with Gasteiger partial charge in [-0.15, -0.1) is 10.2 Å². The first-order valence-corrected chi connectivity index (χ1v) is 8.61. The van der Waals surface area contributed by atoms with Gasteiger partial charge in [-0.05, 0) is 38.5 Å². The van der Waals surface area contributed by atoms with Crippen molar-refractivity contribution in [2.24, 2.45) is 0 Å². The molecule has 1 saturated heterocycles. The van der Waals surface area contributed by atoms with E-state index in [2.05, 4.69) is 35.4 Å². The minimum absolute atomic E-state index is 0.623. The summed E-state index contributed by atoms with van der Waals surface area (Å²) < 4.78 is 0.855. The van der Waals surface area contributed by atoms with Crippen molar-refractivity contribution in [2.45, 2.75) is 36.2 Å². The molecule has 112 valence electrons. The summed E-state index contributed by atoms with van der Waals surface area (Å²) in [7, 11) is 0. The van der Waals surface area contributed by atoms with Gasteiger partial charge >= 0.3 is 0 Å². The van der Waals surface area contributed by atoms with Crippen LogP contribution in [-0.2, 0) is 0 Å². The maximum atomic E-state index is 4.57. The Hall–Kier alpha value is -1.48. The lowest BCUT2D eigenvalue weighted by molar-refractivity contribution is 0.825. The third-order valence-corrected chi connectivity index (χ3v) is 4.77. The molecule has 2 aromatic heterocycles. The molecule has 9 heteroatoms. The van der Waals surface area contributed by atoms with Crippen molar-refractivity contribution >= 4 is 35.0 Å². The van der Waals surface area contributed by atoms with Crippen LogP contribution in [0.3, 0.4) is 0 Å². The predicted molar refractivity (Wildman–Crippen MR) is 84.2 cm³/mol. The van der Waals surface area contributed by atoms with E-state index in [1.807, 2.05) is 13.8 Å². The Morgan fingerprint density at radius 3 is 2.67 bits per heavy atom. The summed E-state index contributed by atoms with van der Waals surface area (Å²) in [5.74, 6) is 1.38. The highest BCUT2D eigenvalue weighted by Crippen LogP contribution is 2.29. The van der Waals surface area contributed by atoms with E-state index in [9.17, 15) is 0 Å². The normalized spacial score (nSPS) is 14.7. The zero-order valence-corrected chi connectivity index (χ0v) is 13.7. The maximum Gasteiger partial charge on any atom is 0.231 e. The van der Waals surface area contributed by atoms with Crippen molar-refractivity contribution in [3.8, 4) is 0 Å². The zero-order valence-electron chi connectivity index (χ0n) is 12.0. The van der Waals surface area contributed by atoms with Crippen molar-refractivity contribution in [1.82, 2.24) is 25.1 Å². The lowest BCUT2D eigenvalue weighted by Crippen LogP contribution is -2.21. The van der Waals surface area contributed by atoms with E-state index in [1.165, 1.54) is 24.6 Å². The second-order valence-corrected chi connectivity index (χ2v) is 7.05. The van der Waals surface area contributed by atoms with Gasteiger partial charge in [0.1, 0.15) is 5.01 Å². The molecule has 7 nitrogen and oxygen atoms in total. The molecule has 0 unspecified atom stereocenters. The van der Waals surface area contributed by atoms with Crippen LogP contribution in [0.15, 0.2) is 9.50 Å². The van der Waals surface area contributed by atoms with Gasteiger partial charge in [0.05, 0.1) is 0 Å². The summed E-state index contributed by atoms with van der Waals surface area (Å²) in [5.41, 5.74) is 0. The smallest absolute Gasteiger partial charge is 0.231 e. The fourth-order valence-corrected chi connectivity index (χ4v) is 3.75. The monoisotopic (exact) mass is 323 g/mol. The number of nitrogens with zero attached hydrogens (tertiary/aromatic N) is 6. The number of anilines is 2. The van der Waals surface area contributed by atoms with Gasteiger partial charge in [0.25, 0.3) is 0 Å². The van der Waals surface area contributed by atoms with E-state index in [0.717, 1.165) is 34.9 Å². The van der Waals surface area contributed by atoms with Crippen LogP contribution in [-0.4, -0.2) is 44.8 Å². The molecule has 3 heterocycles. The molecule has 21 heavy (non-hydrogen) atoms. The van der Waals surface area contributed by atoms with Crippen LogP contribution in [0.4, 0.5) is 11.9 Å². The van der Waals surface area contributed by atoms with Crippen molar-refractivity contribution in [1.29, 1.82) is 0 Å². The van der Waals surface area contributed by atoms with Crippen molar-refractivity contribution < 1.29 is 0 Å². The van der Waals surface area contributed by atoms with E-state index in [1.54, 1.807) is 11.3 Å². The summed E-state index contributed by atoms with van der Waals surface area (Å²) in [6, 6.07) is 0. The molecule has 1 N–H and O–H groups in total. The van der Waals surface area contributed by atoms with Crippen LogP contribution in [0.5, 0.6) is 0 Å². The summed E-state index contributed by atoms with van der Waals surface area (Å²) in [4.78, 5) is 15.7. The summed E-state index contributed by atoms with van der Waals surface area (Å²) in [6.07, 6.45) is 2.39. The molecule has 1 aliphatic rings. The van der Waals surface area contributed by atoms with Crippen LogP contribution in [0.1, 0.15) is 24.8 Å². The van der Waals surface area contributed by atoms with Crippen LogP contribution in [0.25, 0.3) is 0 Å². The average Bonchev–Trinajstić information content (AvgIpc) is 3.11. The molecule has 0 aliphatic carbocycles. The number of hydrogen-bond donors (Lipinski definition) is 1. The molecule has 3 rings (SSSR count). The van der Waals surface area contributed by atoms with E-state index in [4.69, 9.17) is 0 Å². The van der Waals surface area contributed by atoms with Gasteiger partial charge in [-0.2, -0.15) is 15.0 Å². The molecule has 1 fully saturated rings. The van der Waals surface area contributed by atoms with Crippen LogP contribution in [0.2, 0.25) is 0 Å². The molecule has 2 aromatic rings. The molecule has 0 radical (unpaired) electrons. The Morgan fingerprint density at radius 1 is 1.19 bits per heavy atom. The number of aryl methyl sites for hydroxylation is 1. The molecule has 0 atom stereocenters. The lowest BCUT2D eigenvalue weighted by atomic mass is 10.4. The molecule has 1 aliphatic heterocycles. The Balaban J connectivity index is 1.86. The van der Waals surface area contributed by atoms with E-state index < -0.39 is 0 Å². The molecular formula is C12H17N7S2. The first-order chi connectivity index (χ1) is 10.2. The van der Waals surface area contributed by atoms with Gasteiger partial charge in [0.15, 0.2) is 4.34 Å². The van der Waals surface area contributed by atoms with Crippen molar-refractivity contribution in [2.75, 3.05) is 29.9 Å². The zero-order chi connectivity index (χ0) is 14.7. The molecule has 0 amide bonds. The van der Waals surface area contributed by atoms with Gasteiger partial charge in [-0.1, -0.05) is 11.3 Å². The molecule has 0 saturated carbocycles. The number of aromatic nitrogens is 5. The summed E-state index contributed by atoms with van der Waals surface area (Å²) in [5, 5.41) is 12.9. The predicted octanol–water partition coefficient (Wildman–Crippen LogP) is 2.21. The largest absolute Gasteiger partial charge is 0.354 e. The van der Waals surface area contributed by atoms with Crippen molar-refractivity contribution in [3.63, 3.8) is 0 Å². The maximum absolute atomic E-state index is 4.57. The van der Waals surface area contributed by atoms with Gasteiger partial charge in [-0.25, -0.2) is 0 Å². The number of hydrogen-bond acceptors (Lipinski definition) is 9. The van der Waals surface area contributed by atoms with Gasteiger partial charge in [0.2, 0.25) is 17.1 Å². The van der Waals surface area contributed by atoms with E-state index in [-0.39, 0.29) is 0 Å². The number of rotatable bonds is 5. The third-order valence-electron chi connectivity index (χ3n) is 3.01. The van der Waals surface area contributed by atoms with Crippen LogP contribution in [0, 0.1) is 6.92 Å². The quantitative estimate of drug-likeness (QED) is 0.897. The second kappa shape index (κ2) is 6.52. The lowest BCUT2D eigenvalue weighted by Gasteiger charge is -2.16. The van der Waals surface area contributed by atoms with Gasteiger partial charge in [-0.3, -0.25) is 0 Å². The Kier molecular flexibility index (Phi) is 4.49. The van der Waals surface area contributed by atoms with Crippen LogP contribution < -0.4 is 10.2 Å². The molecule has 0 aromatic carbocycles. The molecular weight excluding hydrogens is 306 g/mol. The summed E-state index contributed by atoms with van der Waals surface area (Å²) >= 11 is 2.98. The first kappa shape index (κ1) is 14.5. The first-order valence-electron chi connectivity index (χ1n) is 6.97. The van der Waals surface area contributed by atoms with Gasteiger partial charge in [0, 0.05) is 19.6 Å². The van der Waals surface area contributed by atoms with Crippen LogP contribution >= 0.6 is 23.1 Å². The topological polar surface area (TPSA) is 79.7 Å². The minimum atomic E-state index is 0.623. The second-order valence-electron chi connectivity index (χ2n) is 4.66. The molecule has 0 bridgehead atoms. The highest BCUT2D eigenvalue weighted by molar-refractivity contribution is 8.00. The standard InChI is InChI=1S/C12H17N7S2/c1-3-13-9-14-10(19-6-4-5-7-19)16-11(15-9)21-12-18-17-8(2)20-12/h3-7H2,1-2H3,(H,13,14,15,16). The SMILES string of the molecule is CCNc1nc(Sc2nnc(C)s2)nc(N2CCCC2)n1. The summed E-state index contributed by atoms with van der Waals surface area (Å²) in [6.45, 7) is 6.77. The minimum Gasteiger partial charge on any atom is -0.354 e. The fourth-order valence-electron chi connectivity index (χ4n) is 2.08. The highest BCUT2D eigenvalue weighted by atomic mass is 32.2. The fraction of sp³-hybridized carbons (Fsp3) is 0.583.